The van der Waals surface area contributed by atoms with E-state index in [4.69, 9.17) is 0 Å². The molecule has 0 saturated heterocycles. The molecule has 0 heterocycles. The molecular weight excluding hydrogens is 871 g/mol. The summed E-state index contributed by atoms with van der Waals surface area (Å²) < 4.78 is 0. The Hall–Kier alpha value is -4.00. The first-order chi connectivity index (χ1) is 28.5. The van der Waals surface area contributed by atoms with Crippen LogP contribution in [0.3, 0.4) is 0 Å². The largest absolute Gasteiger partial charge is 3.00 e. The van der Waals surface area contributed by atoms with Crippen LogP contribution in [0, 0.1) is 10.4 Å². The van der Waals surface area contributed by atoms with Crippen molar-refractivity contribution in [2.45, 2.75) is 111 Å². The quantitative estimate of drug-likeness (QED) is 0.115. The summed E-state index contributed by atoms with van der Waals surface area (Å²) >= 11 is 0. The zero-order chi connectivity index (χ0) is 41.3. The molecule has 2 aliphatic rings. The molecule has 8 rings (SSSR count). The van der Waals surface area contributed by atoms with E-state index in [1.807, 2.05) is 0 Å². The van der Waals surface area contributed by atoms with Crippen molar-refractivity contribution in [3.63, 3.8) is 0 Å². The van der Waals surface area contributed by atoms with Crippen molar-refractivity contribution in [2.24, 2.45) is 0 Å². The maximum atomic E-state index is 4.18. The van der Waals surface area contributed by atoms with Gasteiger partial charge in [0.2, 0.25) is 0 Å². The SMILES string of the molecule is CCCCc1ccc(C(c2ccc(CCCC)cc2)=c2c(C(C)(C)C)c(-c3ccccc3)c(C3=CC=CC3)c3c2=c2cc(C(C)(C)C)c(-c4ccccc4)cc2=[C-]3)cc1.[Cl-].[Cl-].[Zr+3]. The summed E-state index contributed by atoms with van der Waals surface area (Å²) in [5.74, 6) is 0. The van der Waals surface area contributed by atoms with E-state index in [0.717, 1.165) is 19.3 Å². The second kappa shape index (κ2) is 20.7. The zero-order valence-electron chi connectivity index (χ0n) is 38.0. The second-order valence-electron chi connectivity index (χ2n) is 18.9. The van der Waals surface area contributed by atoms with Gasteiger partial charge in [-0.2, -0.15) is 0 Å². The molecule has 3 heteroatoms. The first-order valence-electron chi connectivity index (χ1n) is 22.2. The van der Waals surface area contributed by atoms with Gasteiger partial charge in [0, 0.05) is 0 Å². The van der Waals surface area contributed by atoms with Gasteiger partial charge in [-0.25, -0.2) is 0 Å². The number of halogens is 2. The van der Waals surface area contributed by atoms with Gasteiger partial charge in [0.1, 0.15) is 0 Å². The monoisotopic (exact) mass is 929 g/mol. The molecule has 0 atom stereocenters. The van der Waals surface area contributed by atoms with Crippen LogP contribution >= 0.6 is 0 Å². The van der Waals surface area contributed by atoms with Crippen LogP contribution in [0.2, 0.25) is 0 Å². The Morgan fingerprint density at radius 2 is 1.15 bits per heavy atom. The summed E-state index contributed by atoms with van der Waals surface area (Å²) in [4.78, 5) is 0. The van der Waals surface area contributed by atoms with E-state index < -0.39 is 0 Å². The molecule has 0 aromatic heterocycles. The second-order valence-corrected chi connectivity index (χ2v) is 18.9. The molecule has 6 aromatic rings. The average molecular weight is 932 g/mol. The van der Waals surface area contributed by atoms with Gasteiger partial charge < -0.3 is 24.8 Å². The van der Waals surface area contributed by atoms with Gasteiger partial charge in [0.05, 0.1) is 0 Å². The third-order valence-electron chi connectivity index (χ3n) is 12.4. The molecule has 62 heavy (non-hydrogen) atoms. The van der Waals surface area contributed by atoms with Gasteiger partial charge in [-0.3, -0.25) is 0 Å². The number of benzene rings is 6. The summed E-state index contributed by atoms with van der Waals surface area (Å²) in [6.07, 6.45) is 19.0. The molecule has 0 aliphatic heterocycles. The Bertz CT molecular complexity index is 2730. The topological polar surface area (TPSA) is 0 Å². The fourth-order valence-electron chi connectivity index (χ4n) is 9.41. The summed E-state index contributed by atoms with van der Waals surface area (Å²) in [7, 11) is 0. The van der Waals surface area contributed by atoms with E-state index in [2.05, 4.69) is 201 Å². The van der Waals surface area contributed by atoms with Crippen LogP contribution in [0.5, 0.6) is 0 Å². The van der Waals surface area contributed by atoms with E-state index in [-0.39, 0.29) is 61.8 Å². The third kappa shape index (κ3) is 9.87. The van der Waals surface area contributed by atoms with Crippen LogP contribution in [0.1, 0.15) is 132 Å². The summed E-state index contributed by atoms with van der Waals surface area (Å²) in [6.45, 7) is 18.9. The van der Waals surface area contributed by atoms with E-state index in [9.17, 15) is 0 Å². The van der Waals surface area contributed by atoms with Crippen molar-refractivity contribution in [1.82, 2.24) is 0 Å². The number of allylic oxidation sites excluding steroid dienone is 4. The molecule has 0 bridgehead atoms. The molecule has 315 valence electrons. The number of hydrogen-bond donors (Lipinski definition) is 0. The Morgan fingerprint density at radius 1 is 0.613 bits per heavy atom. The summed E-state index contributed by atoms with van der Waals surface area (Å²) in [5.41, 5.74) is 18.1. The zero-order valence-corrected chi connectivity index (χ0v) is 42.0. The molecular formula is C59H61Cl2Zr. The van der Waals surface area contributed by atoms with Crippen molar-refractivity contribution in [2.75, 3.05) is 0 Å². The first kappa shape index (κ1) is 49.0. The standard InChI is InChI=1S/C59H61.2ClH.Zr/c1-9-11-21-40-29-33-45(34-30-40)52(46-35-31-41(32-36-46)22-12-10-2)56-55-49-39-51(58(3,4)5)48(42-23-15-13-16-24-42)37-47(49)38-50(55)53(43-27-19-20-28-43)54(57(56)59(6,7)8)44-25-17-14-18-26-44;;;/h13-20,23-27,29-37,39H,9-12,21-22,28H2,1-8H3;2*1H;/q-1;;;+3/p-2. The predicted octanol–water partition coefficient (Wildman–Crippen LogP) is 8.20. The Kier molecular flexibility index (Phi) is 16.3. The molecule has 0 fully saturated rings. The van der Waals surface area contributed by atoms with E-state index in [0.29, 0.717) is 0 Å². The maximum Gasteiger partial charge on any atom is 3.00 e. The Morgan fingerprint density at radius 3 is 1.61 bits per heavy atom. The average Bonchev–Trinajstić information content (AvgIpc) is 3.91. The minimum atomic E-state index is -0.218. The van der Waals surface area contributed by atoms with Crippen LogP contribution in [-0.4, -0.2) is 0 Å². The molecule has 0 nitrogen and oxygen atoms in total. The van der Waals surface area contributed by atoms with Crippen LogP contribution in [-0.2, 0) is 49.9 Å². The van der Waals surface area contributed by atoms with E-state index in [1.165, 1.54) is 124 Å². The fourth-order valence-corrected chi connectivity index (χ4v) is 9.41. The molecule has 2 aliphatic carbocycles. The molecule has 0 spiro atoms. The molecule has 1 radical (unpaired) electrons. The smallest absolute Gasteiger partial charge is 1.00 e. The third-order valence-corrected chi connectivity index (χ3v) is 12.4. The van der Waals surface area contributed by atoms with Crippen molar-refractivity contribution in [3.05, 3.63) is 205 Å². The number of hydrogen-bond acceptors (Lipinski definition) is 0. The predicted molar refractivity (Wildman–Crippen MR) is 254 cm³/mol. The molecule has 0 amide bonds. The van der Waals surface area contributed by atoms with Crippen molar-refractivity contribution >= 4 is 17.2 Å². The first-order valence-corrected chi connectivity index (χ1v) is 22.2. The van der Waals surface area contributed by atoms with Crippen molar-refractivity contribution in [1.29, 1.82) is 0 Å². The minimum Gasteiger partial charge on any atom is -1.00 e. The summed E-state index contributed by atoms with van der Waals surface area (Å²) in [5, 5.41) is 5.12. The van der Waals surface area contributed by atoms with Gasteiger partial charge in [-0.1, -0.05) is 213 Å². The van der Waals surface area contributed by atoms with Gasteiger partial charge in [-0.15, -0.1) is 33.4 Å². The van der Waals surface area contributed by atoms with Gasteiger partial charge in [0.25, 0.3) is 0 Å². The number of fused-ring (bicyclic) bond motifs is 2. The van der Waals surface area contributed by atoms with Crippen molar-refractivity contribution < 1.29 is 51.0 Å². The number of aryl methyl sites for hydroxylation is 2. The summed E-state index contributed by atoms with van der Waals surface area (Å²) in [6, 6.07) is 46.3. The van der Waals surface area contributed by atoms with Crippen LogP contribution in [0.4, 0.5) is 0 Å². The number of unbranched alkanes of at least 4 members (excludes halogenated alkanes) is 2. The Labute approximate surface area is 403 Å². The maximum absolute atomic E-state index is 4.18. The van der Waals surface area contributed by atoms with Crippen LogP contribution < -0.4 is 35.3 Å². The Balaban J connectivity index is 0.00000242. The molecule has 6 aromatic carbocycles. The van der Waals surface area contributed by atoms with Gasteiger partial charge in [-0.05, 0) is 109 Å². The van der Waals surface area contributed by atoms with Crippen LogP contribution in [0.25, 0.3) is 39.5 Å². The van der Waals surface area contributed by atoms with E-state index >= 15 is 0 Å². The molecule has 0 N–H and O–H groups in total. The van der Waals surface area contributed by atoms with Crippen LogP contribution in [0.15, 0.2) is 140 Å². The normalized spacial score (nSPS) is 12.6. The molecule has 0 unspecified atom stereocenters. The number of rotatable bonds is 11. The van der Waals surface area contributed by atoms with Gasteiger partial charge >= 0.3 is 26.2 Å². The minimum absolute atomic E-state index is 0. The fraction of sp³-hybridized carbons (Fsp3) is 0.288. The van der Waals surface area contributed by atoms with Crippen molar-refractivity contribution in [3.8, 4) is 22.3 Å². The van der Waals surface area contributed by atoms with E-state index in [1.54, 1.807) is 0 Å². The van der Waals surface area contributed by atoms with Gasteiger partial charge in [0.15, 0.2) is 0 Å². The molecule has 0 saturated carbocycles.